The summed E-state index contributed by atoms with van der Waals surface area (Å²) in [5.74, 6) is 0. The van der Waals surface area contributed by atoms with Crippen molar-refractivity contribution in [2.75, 3.05) is 20.1 Å². The van der Waals surface area contributed by atoms with Crippen LogP contribution in [0.3, 0.4) is 0 Å². The van der Waals surface area contributed by atoms with Crippen LogP contribution >= 0.6 is 15.9 Å². The Morgan fingerprint density at radius 3 is 2.65 bits per heavy atom. The monoisotopic (exact) mass is 360 g/mol. The quantitative estimate of drug-likeness (QED) is 0.900. The van der Waals surface area contributed by atoms with Gasteiger partial charge in [0.1, 0.15) is 0 Å². The second kappa shape index (κ2) is 6.13. The molecule has 0 spiro atoms. The van der Waals surface area contributed by atoms with Crippen molar-refractivity contribution in [3.63, 3.8) is 0 Å². The van der Waals surface area contributed by atoms with E-state index in [-0.39, 0.29) is 6.04 Å². The van der Waals surface area contributed by atoms with Crippen molar-refractivity contribution < 1.29 is 8.42 Å². The predicted octanol–water partition coefficient (Wildman–Crippen LogP) is 2.44. The van der Waals surface area contributed by atoms with E-state index in [1.807, 2.05) is 27.0 Å². The van der Waals surface area contributed by atoms with Gasteiger partial charge in [-0.1, -0.05) is 15.9 Å². The molecule has 0 aromatic heterocycles. The maximum atomic E-state index is 12.8. The number of nitrogens with one attached hydrogen (secondary N) is 1. The fourth-order valence-corrected chi connectivity index (χ4v) is 4.84. The number of sulfonamides is 1. The fourth-order valence-electron chi connectivity index (χ4n) is 2.57. The van der Waals surface area contributed by atoms with Crippen LogP contribution in [0.4, 0.5) is 0 Å². The molecule has 1 aliphatic heterocycles. The fraction of sp³-hybridized carbons (Fsp3) is 0.571. The molecule has 1 atom stereocenters. The van der Waals surface area contributed by atoms with Gasteiger partial charge in [-0.05, 0) is 57.0 Å². The molecule has 1 fully saturated rings. The molecule has 1 aromatic rings. The number of likely N-dealkylation sites (N-methyl/N-ethyl adjacent to an activating group) is 1. The average molecular weight is 361 g/mol. The first kappa shape index (κ1) is 15.9. The zero-order valence-corrected chi connectivity index (χ0v) is 14.5. The normalized spacial score (nSPS) is 21.1. The van der Waals surface area contributed by atoms with Crippen molar-refractivity contribution in [3.8, 4) is 0 Å². The van der Waals surface area contributed by atoms with Crippen molar-refractivity contribution in [1.82, 2.24) is 9.62 Å². The minimum absolute atomic E-state index is 0.246. The van der Waals surface area contributed by atoms with Crippen LogP contribution in [0.15, 0.2) is 21.5 Å². The van der Waals surface area contributed by atoms with Crippen molar-refractivity contribution in [2.24, 2.45) is 0 Å². The van der Waals surface area contributed by atoms with Gasteiger partial charge >= 0.3 is 0 Å². The summed E-state index contributed by atoms with van der Waals surface area (Å²) in [6.07, 6.45) is 1.93. The highest BCUT2D eigenvalue weighted by atomic mass is 79.9. The number of rotatable bonds is 3. The van der Waals surface area contributed by atoms with E-state index >= 15 is 0 Å². The van der Waals surface area contributed by atoms with Crippen molar-refractivity contribution >= 4 is 26.0 Å². The Morgan fingerprint density at radius 1 is 1.30 bits per heavy atom. The summed E-state index contributed by atoms with van der Waals surface area (Å²) in [6.45, 7) is 4.91. The van der Waals surface area contributed by atoms with Crippen molar-refractivity contribution in [1.29, 1.82) is 0 Å². The predicted molar refractivity (Wildman–Crippen MR) is 84.5 cm³/mol. The molecule has 0 saturated carbocycles. The number of nitrogens with zero attached hydrogens (tertiary/aromatic N) is 1. The zero-order chi connectivity index (χ0) is 14.9. The highest BCUT2D eigenvalue weighted by Crippen LogP contribution is 2.28. The Kier molecular flexibility index (Phi) is 4.89. The molecule has 1 unspecified atom stereocenters. The largest absolute Gasteiger partial charge is 0.316 e. The first-order chi connectivity index (χ1) is 9.36. The summed E-state index contributed by atoms with van der Waals surface area (Å²) in [5.41, 5.74) is 1.73. The lowest BCUT2D eigenvalue weighted by Crippen LogP contribution is -2.46. The van der Waals surface area contributed by atoms with Crippen LogP contribution in [0.25, 0.3) is 0 Å². The second-order valence-electron chi connectivity index (χ2n) is 5.36. The zero-order valence-electron chi connectivity index (χ0n) is 12.1. The molecule has 1 heterocycles. The van der Waals surface area contributed by atoms with Gasteiger partial charge in [-0.2, -0.15) is 4.31 Å². The second-order valence-corrected chi connectivity index (χ2v) is 8.12. The molecular formula is C14H21BrN2O2S. The number of benzene rings is 1. The molecule has 0 amide bonds. The number of hydrogen-bond donors (Lipinski definition) is 1. The molecule has 4 nitrogen and oxygen atoms in total. The molecule has 2 rings (SSSR count). The van der Waals surface area contributed by atoms with Gasteiger partial charge < -0.3 is 5.32 Å². The lowest BCUT2D eigenvalue weighted by atomic mass is 10.1. The van der Waals surface area contributed by atoms with Crippen LogP contribution in [-0.4, -0.2) is 38.9 Å². The number of hydrogen-bond acceptors (Lipinski definition) is 3. The first-order valence-corrected chi connectivity index (χ1v) is 9.03. The summed E-state index contributed by atoms with van der Waals surface area (Å²) in [4.78, 5) is 0.426. The highest BCUT2D eigenvalue weighted by molar-refractivity contribution is 9.10. The Morgan fingerprint density at radius 2 is 2.00 bits per heavy atom. The summed E-state index contributed by atoms with van der Waals surface area (Å²) >= 11 is 3.45. The molecular weight excluding hydrogens is 340 g/mol. The topological polar surface area (TPSA) is 49.4 Å². The molecule has 1 aromatic carbocycles. The molecule has 20 heavy (non-hydrogen) atoms. The van der Waals surface area contributed by atoms with E-state index < -0.39 is 10.0 Å². The van der Waals surface area contributed by atoms with E-state index in [1.165, 1.54) is 0 Å². The molecule has 0 bridgehead atoms. The molecule has 0 radical (unpaired) electrons. The van der Waals surface area contributed by atoms with E-state index in [1.54, 1.807) is 10.4 Å². The van der Waals surface area contributed by atoms with E-state index in [0.717, 1.165) is 28.4 Å². The van der Waals surface area contributed by atoms with Gasteiger partial charge in [0.05, 0.1) is 4.90 Å². The molecule has 1 aliphatic rings. The third-order valence-corrected chi connectivity index (χ3v) is 6.73. The summed E-state index contributed by atoms with van der Waals surface area (Å²) in [6, 6.07) is 3.88. The van der Waals surface area contributed by atoms with Gasteiger partial charge in [-0.15, -0.1) is 0 Å². The van der Waals surface area contributed by atoms with Crippen LogP contribution in [0, 0.1) is 13.8 Å². The molecule has 6 heteroatoms. The maximum Gasteiger partial charge on any atom is 0.243 e. The molecule has 112 valence electrons. The Hall–Kier alpha value is -0.430. The van der Waals surface area contributed by atoms with Gasteiger partial charge in [0.25, 0.3) is 0 Å². The minimum atomic E-state index is -3.40. The maximum absolute atomic E-state index is 12.8. The van der Waals surface area contributed by atoms with Crippen LogP contribution in [0.2, 0.25) is 0 Å². The summed E-state index contributed by atoms with van der Waals surface area (Å²) < 4.78 is 28.2. The van der Waals surface area contributed by atoms with Crippen LogP contribution in [0.1, 0.15) is 24.0 Å². The molecule has 1 N–H and O–H groups in total. The third-order valence-electron chi connectivity index (χ3n) is 3.87. The number of aryl methyl sites for hydroxylation is 2. The van der Waals surface area contributed by atoms with Gasteiger partial charge in [-0.25, -0.2) is 8.42 Å². The SMILES string of the molecule is CNC1CCCN(S(=O)(=O)c2cc(C)c(Br)cc2C)C1. The van der Waals surface area contributed by atoms with Crippen molar-refractivity contribution in [2.45, 2.75) is 37.6 Å². The third kappa shape index (κ3) is 3.08. The van der Waals surface area contributed by atoms with Crippen LogP contribution in [0.5, 0.6) is 0 Å². The minimum Gasteiger partial charge on any atom is -0.316 e. The first-order valence-electron chi connectivity index (χ1n) is 6.80. The standard InChI is InChI=1S/C14H21BrN2O2S/c1-10-8-14(11(2)7-13(10)15)20(18,19)17-6-4-5-12(9-17)16-3/h7-8,12,16H,4-6,9H2,1-3H3. The van der Waals surface area contributed by atoms with Crippen LogP contribution in [-0.2, 0) is 10.0 Å². The van der Waals surface area contributed by atoms with E-state index in [0.29, 0.717) is 18.0 Å². The summed E-state index contributed by atoms with van der Waals surface area (Å²) in [7, 11) is -1.52. The van der Waals surface area contributed by atoms with Crippen LogP contribution < -0.4 is 5.32 Å². The van der Waals surface area contributed by atoms with E-state index in [4.69, 9.17) is 0 Å². The number of halogens is 1. The van der Waals surface area contributed by atoms with E-state index in [2.05, 4.69) is 21.2 Å². The number of piperidine rings is 1. The average Bonchev–Trinajstić information content (AvgIpc) is 2.42. The smallest absolute Gasteiger partial charge is 0.243 e. The lowest BCUT2D eigenvalue weighted by molar-refractivity contribution is 0.292. The Balaban J connectivity index is 2.37. The summed E-state index contributed by atoms with van der Waals surface area (Å²) in [5, 5.41) is 3.18. The lowest BCUT2D eigenvalue weighted by Gasteiger charge is -2.32. The van der Waals surface area contributed by atoms with Gasteiger partial charge in [0.2, 0.25) is 10.0 Å². The highest BCUT2D eigenvalue weighted by Gasteiger charge is 2.30. The Bertz CT molecular complexity index is 601. The van der Waals surface area contributed by atoms with Gasteiger partial charge in [0, 0.05) is 23.6 Å². The molecule has 0 aliphatic carbocycles. The van der Waals surface area contributed by atoms with E-state index in [9.17, 15) is 8.42 Å². The Labute approximate surface area is 129 Å². The van der Waals surface area contributed by atoms with Crippen molar-refractivity contribution in [3.05, 3.63) is 27.7 Å². The van der Waals surface area contributed by atoms with Gasteiger partial charge in [-0.3, -0.25) is 0 Å². The molecule has 1 saturated heterocycles. The van der Waals surface area contributed by atoms with Gasteiger partial charge in [0.15, 0.2) is 0 Å².